The van der Waals surface area contributed by atoms with Crippen LogP contribution in [0, 0.1) is 0 Å². The van der Waals surface area contributed by atoms with E-state index in [1.807, 2.05) is 30.3 Å². The van der Waals surface area contributed by atoms with Gasteiger partial charge in [0.15, 0.2) is 5.37 Å². The van der Waals surface area contributed by atoms with Gasteiger partial charge in [-0.15, -0.1) is 5.11 Å². The highest BCUT2D eigenvalue weighted by Gasteiger charge is 2.21. The number of nitrogens with zero attached hydrogens (tertiary/aromatic N) is 2. The number of rotatable bonds is 1. The van der Waals surface area contributed by atoms with Crippen LogP contribution in [0.3, 0.4) is 0 Å². The van der Waals surface area contributed by atoms with Crippen LogP contribution in [0.15, 0.2) is 40.6 Å². The highest BCUT2D eigenvalue weighted by Crippen LogP contribution is 2.36. The van der Waals surface area contributed by atoms with Gasteiger partial charge in [0.1, 0.15) is 0 Å². The van der Waals surface area contributed by atoms with Gasteiger partial charge in [0.2, 0.25) is 0 Å². The fourth-order valence-electron chi connectivity index (χ4n) is 0.995. The van der Waals surface area contributed by atoms with Crippen LogP contribution in [0.25, 0.3) is 0 Å². The van der Waals surface area contributed by atoms with E-state index in [0.29, 0.717) is 0 Å². The van der Waals surface area contributed by atoms with Gasteiger partial charge in [-0.2, -0.15) is 5.11 Å². The molecule has 0 aromatic heterocycles. The topological polar surface area (TPSA) is 41.8 Å². The van der Waals surface area contributed by atoms with Gasteiger partial charge in [0.25, 0.3) is 0 Å². The largest absolute Gasteiger partial charge is 0.325 e. The van der Waals surface area contributed by atoms with E-state index in [-0.39, 0.29) is 10.6 Å². The molecule has 3 nitrogen and oxygen atoms in total. The Kier molecular flexibility index (Phi) is 1.91. The molecule has 1 aliphatic heterocycles. The number of amides is 1. The number of hydrogen-bond acceptors (Lipinski definition) is 3. The number of carbonyl (C=O) groups is 1. The maximum atomic E-state index is 10.7. The monoisotopic (exact) mass is 178 g/mol. The summed E-state index contributed by atoms with van der Waals surface area (Å²) >= 11 is 1.15. The SMILES string of the molecule is O=C1N=NC(c2ccccc2)S1. The van der Waals surface area contributed by atoms with E-state index >= 15 is 0 Å². The van der Waals surface area contributed by atoms with Crippen LogP contribution in [-0.4, -0.2) is 5.24 Å². The molecular formula is C8H6N2OS. The van der Waals surface area contributed by atoms with Crippen LogP contribution >= 0.6 is 11.8 Å². The average Bonchev–Trinajstić information content (AvgIpc) is 2.54. The van der Waals surface area contributed by atoms with Crippen LogP contribution in [-0.2, 0) is 0 Å². The van der Waals surface area contributed by atoms with Crippen LogP contribution in [0.4, 0.5) is 4.79 Å². The van der Waals surface area contributed by atoms with Gasteiger partial charge < -0.3 is 0 Å². The first-order chi connectivity index (χ1) is 5.86. The van der Waals surface area contributed by atoms with E-state index in [2.05, 4.69) is 10.2 Å². The molecule has 1 aromatic rings. The first kappa shape index (κ1) is 7.49. The van der Waals surface area contributed by atoms with E-state index in [0.717, 1.165) is 17.3 Å². The smallest absolute Gasteiger partial charge is 0.258 e. The fraction of sp³-hybridized carbons (Fsp3) is 0.125. The van der Waals surface area contributed by atoms with Crippen molar-refractivity contribution in [2.24, 2.45) is 10.2 Å². The summed E-state index contributed by atoms with van der Waals surface area (Å²) in [5.74, 6) is 0. The summed E-state index contributed by atoms with van der Waals surface area (Å²) in [6.07, 6.45) is 0. The predicted molar refractivity (Wildman–Crippen MR) is 47.0 cm³/mol. The van der Waals surface area contributed by atoms with Crippen molar-refractivity contribution in [2.45, 2.75) is 5.37 Å². The lowest BCUT2D eigenvalue weighted by molar-refractivity contribution is 0.267. The first-order valence-electron chi connectivity index (χ1n) is 3.53. The minimum Gasteiger partial charge on any atom is -0.258 e. The van der Waals surface area contributed by atoms with E-state index in [9.17, 15) is 4.79 Å². The van der Waals surface area contributed by atoms with Crippen molar-refractivity contribution in [1.29, 1.82) is 0 Å². The molecule has 0 radical (unpaired) electrons. The van der Waals surface area contributed by atoms with Gasteiger partial charge in [0, 0.05) is 0 Å². The predicted octanol–water partition coefficient (Wildman–Crippen LogP) is 3.00. The lowest BCUT2D eigenvalue weighted by Gasteiger charge is -2.01. The molecule has 1 unspecified atom stereocenters. The molecule has 12 heavy (non-hydrogen) atoms. The van der Waals surface area contributed by atoms with Gasteiger partial charge in [-0.25, -0.2) is 0 Å². The molecule has 1 aliphatic rings. The Morgan fingerprint density at radius 3 is 2.58 bits per heavy atom. The summed E-state index contributed by atoms with van der Waals surface area (Å²) in [5, 5.41) is 6.94. The van der Waals surface area contributed by atoms with Crippen LogP contribution in [0.1, 0.15) is 10.9 Å². The van der Waals surface area contributed by atoms with Crippen molar-refractivity contribution in [3.8, 4) is 0 Å². The zero-order chi connectivity index (χ0) is 8.39. The molecule has 1 heterocycles. The maximum absolute atomic E-state index is 10.7. The highest BCUT2D eigenvalue weighted by molar-refractivity contribution is 8.14. The zero-order valence-corrected chi connectivity index (χ0v) is 6.99. The highest BCUT2D eigenvalue weighted by atomic mass is 32.2. The van der Waals surface area contributed by atoms with Crippen molar-refractivity contribution in [3.05, 3.63) is 35.9 Å². The summed E-state index contributed by atoms with van der Waals surface area (Å²) in [6, 6.07) is 9.66. The Bertz CT molecular complexity index is 323. The lowest BCUT2D eigenvalue weighted by atomic mass is 10.2. The Morgan fingerprint density at radius 2 is 2.00 bits per heavy atom. The van der Waals surface area contributed by atoms with Crippen molar-refractivity contribution >= 4 is 17.0 Å². The molecule has 0 bridgehead atoms. The third-order valence-corrected chi connectivity index (χ3v) is 2.41. The molecule has 0 spiro atoms. The van der Waals surface area contributed by atoms with E-state index < -0.39 is 0 Å². The van der Waals surface area contributed by atoms with Gasteiger partial charge in [-0.1, -0.05) is 30.3 Å². The summed E-state index contributed by atoms with van der Waals surface area (Å²) in [5.41, 5.74) is 1.03. The number of carbonyl (C=O) groups excluding carboxylic acids is 1. The normalized spacial score (nSPS) is 21.7. The minimum absolute atomic E-state index is 0.126. The quantitative estimate of drug-likeness (QED) is 0.663. The van der Waals surface area contributed by atoms with Crippen molar-refractivity contribution in [3.63, 3.8) is 0 Å². The Hall–Kier alpha value is -1.16. The minimum atomic E-state index is -0.205. The molecule has 0 saturated heterocycles. The lowest BCUT2D eigenvalue weighted by Crippen LogP contribution is -1.85. The molecule has 4 heteroatoms. The molecule has 0 aliphatic carbocycles. The van der Waals surface area contributed by atoms with Crippen LogP contribution < -0.4 is 0 Å². The second kappa shape index (κ2) is 3.06. The van der Waals surface area contributed by atoms with Crippen LogP contribution in [0.2, 0.25) is 0 Å². The molecular weight excluding hydrogens is 172 g/mol. The van der Waals surface area contributed by atoms with Crippen LogP contribution in [0.5, 0.6) is 0 Å². The number of thioether (sulfide) groups is 1. The van der Waals surface area contributed by atoms with E-state index in [1.54, 1.807) is 0 Å². The molecule has 2 rings (SSSR count). The summed E-state index contributed by atoms with van der Waals surface area (Å²) in [7, 11) is 0. The fourth-order valence-corrected chi connectivity index (χ4v) is 1.67. The van der Waals surface area contributed by atoms with Gasteiger partial charge in [-0.05, 0) is 17.3 Å². The number of hydrogen-bond donors (Lipinski definition) is 0. The standard InChI is InChI=1S/C8H6N2OS/c11-8-10-9-7(12-8)6-4-2-1-3-5-6/h1-5,7H. The van der Waals surface area contributed by atoms with Gasteiger partial charge in [-0.3, -0.25) is 4.79 Å². The molecule has 1 aromatic carbocycles. The molecule has 0 N–H and O–H groups in total. The van der Waals surface area contributed by atoms with E-state index in [1.165, 1.54) is 0 Å². The van der Waals surface area contributed by atoms with Gasteiger partial charge in [0.05, 0.1) is 0 Å². The number of azo groups is 1. The summed E-state index contributed by atoms with van der Waals surface area (Å²) in [6.45, 7) is 0. The molecule has 1 amide bonds. The molecule has 0 saturated carbocycles. The number of benzene rings is 1. The molecule has 60 valence electrons. The maximum Gasteiger partial charge on any atom is 0.325 e. The Balaban J connectivity index is 2.23. The second-order valence-electron chi connectivity index (χ2n) is 2.36. The average molecular weight is 178 g/mol. The zero-order valence-electron chi connectivity index (χ0n) is 6.18. The Morgan fingerprint density at radius 1 is 1.25 bits per heavy atom. The first-order valence-corrected chi connectivity index (χ1v) is 4.40. The van der Waals surface area contributed by atoms with E-state index in [4.69, 9.17) is 0 Å². The van der Waals surface area contributed by atoms with Gasteiger partial charge >= 0.3 is 5.24 Å². The summed E-state index contributed by atoms with van der Waals surface area (Å²) in [4.78, 5) is 10.7. The summed E-state index contributed by atoms with van der Waals surface area (Å²) < 4.78 is 0. The van der Waals surface area contributed by atoms with Crippen molar-refractivity contribution in [1.82, 2.24) is 0 Å². The molecule has 1 atom stereocenters. The molecule has 0 fully saturated rings. The third-order valence-electron chi connectivity index (χ3n) is 1.54. The Labute approximate surface area is 73.9 Å². The second-order valence-corrected chi connectivity index (χ2v) is 3.39. The third kappa shape index (κ3) is 1.38. The van der Waals surface area contributed by atoms with Crippen molar-refractivity contribution in [2.75, 3.05) is 0 Å². The van der Waals surface area contributed by atoms with Crippen molar-refractivity contribution < 1.29 is 4.79 Å².